The number of aromatic nitrogens is 2. The van der Waals surface area contributed by atoms with E-state index in [-0.39, 0.29) is 5.84 Å². The molecule has 0 atom stereocenters. The summed E-state index contributed by atoms with van der Waals surface area (Å²) in [6, 6.07) is 13.5. The van der Waals surface area contributed by atoms with E-state index < -0.39 is 0 Å². The summed E-state index contributed by atoms with van der Waals surface area (Å²) >= 11 is 3.44. The van der Waals surface area contributed by atoms with Gasteiger partial charge in [0, 0.05) is 15.4 Å². The smallest absolute Gasteiger partial charge is 0.124 e. The molecule has 0 aliphatic heterocycles. The zero-order valence-electron chi connectivity index (χ0n) is 9.97. The van der Waals surface area contributed by atoms with Crippen molar-refractivity contribution in [3.05, 3.63) is 58.7 Å². The third-order valence-electron chi connectivity index (χ3n) is 2.96. The lowest BCUT2D eigenvalue weighted by molar-refractivity contribution is 0.907. The number of nitrogens with two attached hydrogens (primary N) is 1. The summed E-state index contributed by atoms with van der Waals surface area (Å²) in [5, 5.41) is 13.1. The van der Waals surface area contributed by atoms with Gasteiger partial charge in [-0.25, -0.2) is 4.68 Å². The Morgan fingerprint density at radius 1 is 1.21 bits per heavy atom. The molecular weight excluding hydrogens is 304 g/mol. The molecule has 0 saturated carbocycles. The molecule has 19 heavy (non-hydrogen) atoms. The molecule has 0 aliphatic carbocycles. The molecular formula is C14H11BrN4. The second kappa shape index (κ2) is 4.51. The van der Waals surface area contributed by atoms with E-state index in [0.717, 1.165) is 21.1 Å². The minimum absolute atomic E-state index is 0.0297. The number of hydrogen-bond acceptors (Lipinski definition) is 2. The van der Waals surface area contributed by atoms with Crippen LogP contribution in [0, 0.1) is 5.41 Å². The molecule has 0 radical (unpaired) electrons. The molecule has 5 heteroatoms. The van der Waals surface area contributed by atoms with E-state index >= 15 is 0 Å². The van der Waals surface area contributed by atoms with Crippen molar-refractivity contribution < 1.29 is 0 Å². The number of nitrogens with zero attached hydrogens (tertiary/aromatic N) is 2. The fourth-order valence-corrected chi connectivity index (χ4v) is 2.42. The van der Waals surface area contributed by atoms with E-state index in [1.165, 1.54) is 0 Å². The zero-order chi connectivity index (χ0) is 13.4. The van der Waals surface area contributed by atoms with Gasteiger partial charge in [0.2, 0.25) is 0 Å². The summed E-state index contributed by atoms with van der Waals surface area (Å²) in [6.45, 7) is 0. The second-order valence-electron chi connectivity index (χ2n) is 4.19. The van der Waals surface area contributed by atoms with E-state index in [1.54, 1.807) is 10.9 Å². The quantitative estimate of drug-likeness (QED) is 0.564. The Kier molecular flexibility index (Phi) is 2.83. The maximum Gasteiger partial charge on any atom is 0.124 e. The molecule has 0 aliphatic rings. The first kappa shape index (κ1) is 11.9. The van der Waals surface area contributed by atoms with Gasteiger partial charge in [-0.15, -0.1) is 0 Å². The van der Waals surface area contributed by atoms with Crippen molar-refractivity contribution in [2.75, 3.05) is 0 Å². The summed E-state index contributed by atoms with van der Waals surface area (Å²) < 4.78 is 2.73. The Morgan fingerprint density at radius 3 is 2.79 bits per heavy atom. The van der Waals surface area contributed by atoms with Crippen molar-refractivity contribution >= 4 is 32.7 Å². The van der Waals surface area contributed by atoms with Crippen molar-refractivity contribution in [2.24, 2.45) is 5.73 Å². The summed E-state index contributed by atoms with van der Waals surface area (Å²) in [5.74, 6) is 0.0297. The Hall–Kier alpha value is -2.14. The highest BCUT2D eigenvalue weighted by Crippen LogP contribution is 2.24. The lowest BCUT2D eigenvalue weighted by Gasteiger charge is -2.10. The van der Waals surface area contributed by atoms with Gasteiger partial charge in [-0.05, 0) is 24.3 Å². The molecule has 2 aromatic carbocycles. The van der Waals surface area contributed by atoms with Crippen molar-refractivity contribution in [1.29, 1.82) is 5.41 Å². The largest absolute Gasteiger partial charge is 0.384 e. The summed E-state index contributed by atoms with van der Waals surface area (Å²) in [5.41, 5.74) is 8.09. The number of nitrogen functional groups attached to an aromatic ring is 1. The van der Waals surface area contributed by atoms with Gasteiger partial charge >= 0.3 is 0 Å². The molecule has 0 saturated heterocycles. The predicted molar refractivity (Wildman–Crippen MR) is 79.8 cm³/mol. The fourth-order valence-electron chi connectivity index (χ4n) is 2.07. The molecule has 0 spiro atoms. The van der Waals surface area contributed by atoms with Crippen LogP contribution in [-0.4, -0.2) is 15.6 Å². The summed E-state index contributed by atoms with van der Waals surface area (Å²) in [6.07, 6.45) is 1.81. The molecule has 3 rings (SSSR count). The van der Waals surface area contributed by atoms with Crippen LogP contribution in [0.15, 0.2) is 53.1 Å². The minimum Gasteiger partial charge on any atom is -0.384 e. The number of halogens is 1. The van der Waals surface area contributed by atoms with Crippen molar-refractivity contribution in [1.82, 2.24) is 9.78 Å². The molecule has 1 heterocycles. The molecule has 3 N–H and O–H groups in total. The number of benzene rings is 2. The molecule has 0 fully saturated rings. The van der Waals surface area contributed by atoms with Crippen LogP contribution in [-0.2, 0) is 0 Å². The van der Waals surface area contributed by atoms with Crippen LogP contribution in [0.3, 0.4) is 0 Å². The Morgan fingerprint density at radius 2 is 2.00 bits per heavy atom. The van der Waals surface area contributed by atoms with Gasteiger partial charge in [0.05, 0.1) is 17.4 Å². The minimum atomic E-state index is 0.0297. The van der Waals surface area contributed by atoms with Crippen molar-refractivity contribution in [3.8, 4) is 5.69 Å². The third-order valence-corrected chi connectivity index (χ3v) is 3.45. The van der Waals surface area contributed by atoms with Gasteiger partial charge in [-0.2, -0.15) is 5.10 Å². The van der Waals surface area contributed by atoms with Crippen LogP contribution in [0.4, 0.5) is 0 Å². The normalized spacial score (nSPS) is 10.8. The summed E-state index contributed by atoms with van der Waals surface area (Å²) in [4.78, 5) is 0. The summed E-state index contributed by atoms with van der Waals surface area (Å²) in [7, 11) is 0. The number of amidine groups is 1. The van der Waals surface area contributed by atoms with Gasteiger partial charge in [0.15, 0.2) is 0 Å². The van der Waals surface area contributed by atoms with Crippen LogP contribution in [0.1, 0.15) is 5.56 Å². The highest BCUT2D eigenvalue weighted by Gasteiger charge is 2.11. The van der Waals surface area contributed by atoms with Crippen LogP contribution in [0.2, 0.25) is 0 Å². The van der Waals surface area contributed by atoms with Crippen molar-refractivity contribution in [2.45, 2.75) is 0 Å². The molecule has 4 nitrogen and oxygen atoms in total. The average molecular weight is 315 g/mol. The van der Waals surface area contributed by atoms with E-state index in [1.807, 2.05) is 42.5 Å². The first-order chi connectivity index (χ1) is 9.16. The fraction of sp³-hybridized carbons (Fsp3) is 0. The van der Waals surface area contributed by atoms with Crippen LogP contribution < -0.4 is 5.73 Å². The highest BCUT2D eigenvalue weighted by atomic mass is 79.9. The SMILES string of the molecule is N=C(N)c1ccc(Br)cc1-n1ncc2ccccc21. The molecule has 94 valence electrons. The van der Waals surface area contributed by atoms with Crippen LogP contribution in [0.25, 0.3) is 16.6 Å². The Bertz CT molecular complexity index is 776. The average Bonchev–Trinajstić information content (AvgIpc) is 2.82. The maximum absolute atomic E-state index is 7.68. The lowest BCUT2D eigenvalue weighted by atomic mass is 10.1. The number of rotatable bonds is 2. The van der Waals surface area contributed by atoms with Crippen LogP contribution >= 0.6 is 15.9 Å². The first-order valence-corrected chi connectivity index (χ1v) is 6.53. The van der Waals surface area contributed by atoms with E-state index in [2.05, 4.69) is 21.0 Å². The molecule has 0 bridgehead atoms. The van der Waals surface area contributed by atoms with E-state index in [9.17, 15) is 0 Å². The lowest BCUT2D eigenvalue weighted by Crippen LogP contribution is -2.15. The standard InChI is InChI=1S/C14H11BrN4/c15-10-5-6-11(14(16)17)13(7-10)19-12-4-2-1-3-9(12)8-18-19/h1-8H,(H3,16,17). The predicted octanol–water partition coefficient (Wildman–Crippen LogP) is 3.07. The monoisotopic (exact) mass is 314 g/mol. The number of hydrogen-bond donors (Lipinski definition) is 2. The van der Waals surface area contributed by atoms with Gasteiger partial charge in [0.1, 0.15) is 5.84 Å². The molecule has 0 amide bonds. The topological polar surface area (TPSA) is 67.7 Å². The van der Waals surface area contributed by atoms with Gasteiger partial charge in [0.25, 0.3) is 0 Å². The van der Waals surface area contributed by atoms with Crippen molar-refractivity contribution in [3.63, 3.8) is 0 Å². The number of fused-ring (bicyclic) bond motifs is 1. The Balaban J connectivity index is 2.32. The second-order valence-corrected chi connectivity index (χ2v) is 5.11. The zero-order valence-corrected chi connectivity index (χ0v) is 11.6. The van der Waals surface area contributed by atoms with Crippen LogP contribution in [0.5, 0.6) is 0 Å². The van der Waals surface area contributed by atoms with Gasteiger partial charge in [-0.3, -0.25) is 5.41 Å². The number of para-hydroxylation sites is 1. The number of nitrogens with one attached hydrogen (secondary N) is 1. The third kappa shape index (κ3) is 2.02. The van der Waals surface area contributed by atoms with Gasteiger partial charge < -0.3 is 5.73 Å². The highest BCUT2D eigenvalue weighted by molar-refractivity contribution is 9.10. The van der Waals surface area contributed by atoms with E-state index in [4.69, 9.17) is 11.1 Å². The molecule has 1 aromatic heterocycles. The first-order valence-electron chi connectivity index (χ1n) is 5.74. The van der Waals surface area contributed by atoms with Gasteiger partial charge in [-0.1, -0.05) is 34.1 Å². The Labute approximate surface area is 118 Å². The van der Waals surface area contributed by atoms with E-state index in [0.29, 0.717) is 5.56 Å². The molecule has 0 unspecified atom stereocenters. The molecule has 3 aromatic rings. The maximum atomic E-state index is 7.68.